The number of amides is 1. The summed E-state index contributed by atoms with van der Waals surface area (Å²) in [7, 11) is 0. The molecule has 0 atom stereocenters. The number of nitrogens with zero attached hydrogens (tertiary/aromatic N) is 2. The molecule has 2 rings (SSSR count). The number of hydrogen-bond acceptors (Lipinski definition) is 3. The summed E-state index contributed by atoms with van der Waals surface area (Å²) in [5, 5.41) is 9.41. The van der Waals surface area contributed by atoms with E-state index in [0.29, 0.717) is 13.0 Å². The first-order valence-electron chi connectivity index (χ1n) is 5.28. The Morgan fingerprint density at radius 2 is 2.41 bits per heavy atom. The number of aromatic nitrogens is 3. The molecular weight excluding hydrogens is 216 g/mol. The highest BCUT2D eigenvalue weighted by molar-refractivity contribution is 5.74. The van der Waals surface area contributed by atoms with Crippen LogP contribution in [0.15, 0.2) is 18.5 Å². The van der Waals surface area contributed by atoms with Crippen LogP contribution in [0.2, 0.25) is 0 Å². The molecule has 0 aliphatic heterocycles. The summed E-state index contributed by atoms with van der Waals surface area (Å²) >= 11 is 0. The van der Waals surface area contributed by atoms with Gasteiger partial charge in [0.2, 0.25) is 5.91 Å². The molecule has 86 valence electrons. The fraction of sp³-hybridized carbons (Fsp3) is 0.250. The third kappa shape index (κ3) is 3.05. The lowest BCUT2D eigenvalue weighted by Gasteiger charge is -1.94. The number of H-pyrrole nitrogens is 1. The number of nitrogens with one attached hydrogen (secondary N) is 2. The largest absolute Gasteiger partial charge is 0.355 e. The molecule has 2 aromatic rings. The average Bonchev–Trinajstić information content (AvgIpc) is 2.75. The van der Waals surface area contributed by atoms with E-state index >= 15 is 0 Å². The van der Waals surface area contributed by atoms with Crippen LogP contribution in [-0.4, -0.2) is 27.6 Å². The molecule has 0 bridgehead atoms. The van der Waals surface area contributed by atoms with Gasteiger partial charge in [-0.05, 0) is 6.07 Å². The Hall–Kier alpha value is -2.35. The Kier molecular flexibility index (Phi) is 3.36. The molecule has 0 unspecified atom stereocenters. The second kappa shape index (κ2) is 5.12. The Morgan fingerprint density at radius 3 is 3.24 bits per heavy atom. The maximum Gasteiger partial charge on any atom is 0.216 e. The minimum Gasteiger partial charge on any atom is -0.355 e. The smallest absolute Gasteiger partial charge is 0.216 e. The number of pyridine rings is 1. The number of carbonyl (C=O) groups is 1. The van der Waals surface area contributed by atoms with Crippen LogP contribution in [0.25, 0.3) is 11.0 Å². The first kappa shape index (κ1) is 11.1. The van der Waals surface area contributed by atoms with Crippen molar-refractivity contribution in [2.24, 2.45) is 0 Å². The minimum atomic E-state index is -0.0349. The Labute approximate surface area is 98.6 Å². The van der Waals surface area contributed by atoms with Crippen LogP contribution in [0.5, 0.6) is 0 Å². The van der Waals surface area contributed by atoms with Gasteiger partial charge in [0.05, 0.1) is 11.7 Å². The zero-order chi connectivity index (χ0) is 12.1. The molecule has 2 heterocycles. The van der Waals surface area contributed by atoms with Gasteiger partial charge in [0.15, 0.2) is 0 Å². The normalized spacial score (nSPS) is 9.71. The zero-order valence-electron chi connectivity index (χ0n) is 9.45. The van der Waals surface area contributed by atoms with Crippen LogP contribution in [0, 0.1) is 11.8 Å². The topological polar surface area (TPSA) is 70.7 Å². The quantitative estimate of drug-likeness (QED) is 0.591. The first-order chi connectivity index (χ1) is 8.25. The molecule has 1 amide bonds. The summed E-state index contributed by atoms with van der Waals surface area (Å²) in [6.45, 7) is 2.06. The minimum absolute atomic E-state index is 0.0349. The van der Waals surface area contributed by atoms with Gasteiger partial charge in [0.1, 0.15) is 5.52 Å². The van der Waals surface area contributed by atoms with Gasteiger partial charge in [-0.1, -0.05) is 11.8 Å². The lowest BCUT2D eigenvalue weighted by atomic mass is 10.2. The van der Waals surface area contributed by atoms with Crippen LogP contribution in [0.4, 0.5) is 0 Å². The predicted octanol–water partition coefficient (Wildman–Crippen LogP) is 0.836. The van der Waals surface area contributed by atoms with Crippen LogP contribution >= 0.6 is 0 Å². The molecule has 0 saturated heterocycles. The molecule has 2 aromatic heterocycles. The van der Waals surface area contributed by atoms with E-state index in [1.54, 1.807) is 12.4 Å². The van der Waals surface area contributed by atoms with E-state index in [4.69, 9.17) is 0 Å². The van der Waals surface area contributed by atoms with E-state index in [2.05, 4.69) is 32.3 Å². The summed E-state index contributed by atoms with van der Waals surface area (Å²) in [6.07, 6.45) is 4.01. The Balaban J connectivity index is 1.98. The number of rotatable bonds is 2. The summed E-state index contributed by atoms with van der Waals surface area (Å²) in [6, 6.07) is 1.90. The van der Waals surface area contributed by atoms with Gasteiger partial charge in [0.25, 0.3) is 0 Å². The summed E-state index contributed by atoms with van der Waals surface area (Å²) in [4.78, 5) is 14.8. The fourth-order valence-corrected chi connectivity index (χ4v) is 1.36. The highest BCUT2D eigenvalue weighted by Gasteiger charge is 1.96. The molecule has 0 fully saturated rings. The summed E-state index contributed by atoms with van der Waals surface area (Å²) in [5.41, 5.74) is 2.54. The van der Waals surface area contributed by atoms with Crippen molar-refractivity contribution >= 4 is 16.9 Å². The van der Waals surface area contributed by atoms with Crippen LogP contribution in [0.1, 0.15) is 18.9 Å². The van der Waals surface area contributed by atoms with Gasteiger partial charge in [-0.25, -0.2) is 0 Å². The van der Waals surface area contributed by atoms with Gasteiger partial charge < -0.3 is 5.32 Å². The van der Waals surface area contributed by atoms with Crippen molar-refractivity contribution in [3.05, 3.63) is 24.0 Å². The summed E-state index contributed by atoms with van der Waals surface area (Å²) in [5.74, 6) is 5.93. The third-order valence-corrected chi connectivity index (χ3v) is 2.15. The standard InChI is InChI=1S/C12H12N4O/c1-9(17)13-5-3-2-4-10-6-11-12(14-7-10)8-15-16-11/h6-8H,3,5H2,1H3,(H,13,17)(H,15,16). The van der Waals surface area contributed by atoms with E-state index in [9.17, 15) is 4.79 Å². The maximum absolute atomic E-state index is 10.6. The van der Waals surface area contributed by atoms with Crippen molar-refractivity contribution < 1.29 is 4.79 Å². The first-order valence-corrected chi connectivity index (χ1v) is 5.28. The van der Waals surface area contributed by atoms with E-state index in [-0.39, 0.29) is 5.91 Å². The van der Waals surface area contributed by atoms with Gasteiger partial charge in [-0.2, -0.15) is 5.10 Å². The number of carbonyl (C=O) groups excluding carboxylic acids is 1. The molecule has 5 nitrogen and oxygen atoms in total. The van der Waals surface area contributed by atoms with Crippen LogP contribution in [0.3, 0.4) is 0 Å². The zero-order valence-corrected chi connectivity index (χ0v) is 9.45. The molecule has 0 spiro atoms. The van der Waals surface area contributed by atoms with Crippen molar-refractivity contribution in [1.82, 2.24) is 20.5 Å². The van der Waals surface area contributed by atoms with Gasteiger partial charge in [0, 0.05) is 31.6 Å². The van der Waals surface area contributed by atoms with Gasteiger partial charge >= 0.3 is 0 Å². The maximum atomic E-state index is 10.6. The molecule has 0 aliphatic rings. The van der Waals surface area contributed by atoms with E-state index < -0.39 is 0 Å². The van der Waals surface area contributed by atoms with E-state index in [1.807, 2.05) is 6.07 Å². The molecule has 5 heteroatoms. The van der Waals surface area contributed by atoms with E-state index in [0.717, 1.165) is 16.6 Å². The van der Waals surface area contributed by atoms with Crippen molar-refractivity contribution in [3.8, 4) is 11.8 Å². The van der Waals surface area contributed by atoms with Crippen LogP contribution in [-0.2, 0) is 4.79 Å². The molecule has 0 aliphatic carbocycles. The molecule has 0 aromatic carbocycles. The Bertz CT molecular complexity index is 591. The molecular formula is C12H12N4O. The molecule has 0 saturated carbocycles. The third-order valence-electron chi connectivity index (χ3n) is 2.15. The molecule has 17 heavy (non-hydrogen) atoms. The van der Waals surface area contributed by atoms with Gasteiger partial charge in [-0.15, -0.1) is 0 Å². The number of hydrogen-bond donors (Lipinski definition) is 2. The predicted molar refractivity (Wildman–Crippen MR) is 64.1 cm³/mol. The van der Waals surface area contributed by atoms with Crippen molar-refractivity contribution in [3.63, 3.8) is 0 Å². The molecule has 0 radical (unpaired) electrons. The number of aromatic amines is 1. The van der Waals surface area contributed by atoms with Crippen molar-refractivity contribution in [1.29, 1.82) is 0 Å². The Morgan fingerprint density at radius 1 is 1.53 bits per heavy atom. The second-order valence-electron chi connectivity index (χ2n) is 3.56. The second-order valence-corrected chi connectivity index (χ2v) is 3.56. The van der Waals surface area contributed by atoms with Crippen molar-refractivity contribution in [2.75, 3.05) is 6.54 Å². The lowest BCUT2D eigenvalue weighted by molar-refractivity contribution is -0.118. The highest BCUT2D eigenvalue weighted by Crippen LogP contribution is 2.07. The monoisotopic (exact) mass is 228 g/mol. The number of fused-ring (bicyclic) bond motifs is 1. The van der Waals surface area contributed by atoms with Crippen LogP contribution < -0.4 is 5.32 Å². The highest BCUT2D eigenvalue weighted by atomic mass is 16.1. The SMILES string of the molecule is CC(=O)NCCC#Cc1cnc2cn[nH]c2c1. The molecule has 2 N–H and O–H groups in total. The van der Waals surface area contributed by atoms with Gasteiger partial charge in [-0.3, -0.25) is 14.9 Å². The van der Waals surface area contributed by atoms with Crippen molar-refractivity contribution in [2.45, 2.75) is 13.3 Å². The lowest BCUT2D eigenvalue weighted by Crippen LogP contribution is -2.20. The summed E-state index contributed by atoms with van der Waals surface area (Å²) < 4.78 is 0. The average molecular weight is 228 g/mol. The van der Waals surface area contributed by atoms with E-state index in [1.165, 1.54) is 6.92 Å². The fourth-order valence-electron chi connectivity index (χ4n) is 1.36.